The molecule has 7 nitrogen and oxygen atoms in total. The number of rotatable bonds is 5. The van der Waals surface area contributed by atoms with Gasteiger partial charge in [-0.3, -0.25) is 9.48 Å². The van der Waals surface area contributed by atoms with Crippen LogP contribution < -0.4 is 0 Å². The molecular formula is C19H29N5O2. The van der Waals surface area contributed by atoms with Gasteiger partial charge in [-0.15, -0.1) is 10.2 Å². The molecule has 2 aromatic rings. The Morgan fingerprint density at radius 2 is 2.04 bits per heavy atom. The SMILES string of the molecule is CCc1nn(C)c(CC)c1Cc1nnc([C@H]2CCCN(C(C)=O)[C@H]2C)o1. The molecule has 1 fully saturated rings. The zero-order valence-corrected chi connectivity index (χ0v) is 16.4. The Morgan fingerprint density at radius 1 is 1.27 bits per heavy atom. The Hall–Kier alpha value is -2.18. The molecule has 142 valence electrons. The zero-order valence-electron chi connectivity index (χ0n) is 16.4. The van der Waals surface area contributed by atoms with Crippen molar-refractivity contribution < 1.29 is 9.21 Å². The second-order valence-electron chi connectivity index (χ2n) is 7.12. The lowest BCUT2D eigenvalue weighted by Gasteiger charge is -2.37. The molecule has 0 N–H and O–H groups in total. The van der Waals surface area contributed by atoms with Gasteiger partial charge in [0.25, 0.3) is 0 Å². The van der Waals surface area contributed by atoms with Gasteiger partial charge in [0, 0.05) is 37.8 Å². The fourth-order valence-corrected chi connectivity index (χ4v) is 4.15. The van der Waals surface area contributed by atoms with Crippen LogP contribution in [0.25, 0.3) is 0 Å². The molecule has 0 bridgehead atoms. The summed E-state index contributed by atoms with van der Waals surface area (Å²) in [5.74, 6) is 1.50. The van der Waals surface area contributed by atoms with Gasteiger partial charge in [0.2, 0.25) is 17.7 Å². The third kappa shape index (κ3) is 3.39. The Bertz CT molecular complexity index is 779. The van der Waals surface area contributed by atoms with Crippen LogP contribution in [0.2, 0.25) is 0 Å². The Labute approximate surface area is 154 Å². The van der Waals surface area contributed by atoms with E-state index in [0.717, 1.165) is 37.9 Å². The van der Waals surface area contributed by atoms with Gasteiger partial charge in [-0.1, -0.05) is 13.8 Å². The van der Waals surface area contributed by atoms with Crippen LogP contribution in [0.5, 0.6) is 0 Å². The van der Waals surface area contributed by atoms with Crippen molar-refractivity contribution in [1.82, 2.24) is 24.9 Å². The van der Waals surface area contributed by atoms with E-state index in [9.17, 15) is 4.79 Å². The lowest BCUT2D eigenvalue weighted by atomic mass is 9.90. The van der Waals surface area contributed by atoms with Gasteiger partial charge in [-0.25, -0.2) is 0 Å². The number of amides is 1. The molecule has 1 saturated heterocycles. The summed E-state index contributed by atoms with van der Waals surface area (Å²) in [7, 11) is 1.99. The van der Waals surface area contributed by atoms with E-state index in [-0.39, 0.29) is 17.9 Å². The van der Waals surface area contributed by atoms with Crippen molar-refractivity contribution in [1.29, 1.82) is 0 Å². The van der Waals surface area contributed by atoms with E-state index in [2.05, 4.69) is 36.1 Å². The third-order valence-electron chi connectivity index (χ3n) is 5.55. The molecule has 2 aromatic heterocycles. The standard InChI is InChI=1S/C19H29N5O2/c1-6-16-15(17(7-2)23(5)22-16)11-18-20-21-19(26-18)14-9-8-10-24(12(14)3)13(4)25/h12,14H,6-11H2,1-5H3/t12-,14-/m0/s1. The number of carbonyl (C=O) groups is 1. The molecule has 1 aliphatic heterocycles. The molecule has 1 amide bonds. The molecule has 0 aromatic carbocycles. The molecule has 2 atom stereocenters. The number of aryl methyl sites for hydroxylation is 2. The van der Waals surface area contributed by atoms with Crippen LogP contribution in [-0.2, 0) is 31.1 Å². The molecule has 0 spiro atoms. The van der Waals surface area contributed by atoms with Crippen LogP contribution in [-0.4, -0.2) is 43.4 Å². The molecule has 3 heterocycles. The van der Waals surface area contributed by atoms with Gasteiger partial charge in [0.1, 0.15) is 0 Å². The molecule has 0 radical (unpaired) electrons. The Balaban J connectivity index is 1.82. The van der Waals surface area contributed by atoms with Gasteiger partial charge in [0.15, 0.2) is 0 Å². The van der Waals surface area contributed by atoms with Crippen molar-refractivity contribution in [2.24, 2.45) is 7.05 Å². The second-order valence-corrected chi connectivity index (χ2v) is 7.12. The molecule has 0 saturated carbocycles. The highest BCUT2D eigenvalue weighted by molar-refractivity contribution is 5.73. The quantitative estimate of drug-likeness (QED) is 0.820. The fraction of sp³-hybridized carbons (Fsp3) is 0.684. The Kier molecular flexibility index (Phi) is 5.44. The van der Waals surface area contributed by atoms with Crippen molar-refractivity contribution in [3.05, 3.63) is 28.7 Å². The summed E-state index contributed by atoms with van der Waals surface area (Å²) in [5, 5.41) is 13.2. The number of likely N-dealkylation sites (tertiary alicyclic amines) is 1. The lowest BCUT2D eigenvalue weighted by molar-refractivity contribution is -0.132. The first-order chi connectivity index (χ1) is 12.5. The molecule has 0 unspecified atom stereocenters. The number of aromatic nitrogens is 4. The minimum absolute atomic E-state index is 0.0883. The summed E-state index contributed by atoms with van der Waals surface area (Å²) in [6.45, 7) is 8.76. The van der Waals surface area contributed by atoms with Crippen molar-refractivity contribution in [2.45, 2.75) is 71.8 Å². The second kappa shape index (κ2) is 7.60. The monoisotopic (exact) mass is 359 g/mol. The molecule has 7 heteroatoms. The van der Waals surface area contributed by atoms with E-state index in [0.29, 0.717) is 18.2 Å². The minimum atomic E-state index is 0.0883. The van der Waals surface area contributed by atoms with E-state index in [1.165, 1.54) is 11.3 Å². The highest BCUT2D eigenvalue weighted by Gasteiger charge is 2.34. The average Bonchev–Trinajstić information content (AvgIpc) is 3.19. The highest BCUT2D eigenvalue weighted by atomic mass is 16.4. The maximum Gasteiger partial charge on any atom is 0.221 e. The van der Waals surface area contributed by atoms with Crippen molar-refractivity contribution in [2.75, 3.05) is 6.54 Å². The molecule has 1 aliphatic rings. The number of hydrogen-bond donors (Lipinski definition) is 0. The fourth-order valence-electron chi connectivity index (χ4n) is 4.15. The number of piperidine rings is 1. The van der Waals surface area contributed by atoms with Crippen LogP contribution >= 0.6 is 0 Å². The molecule has 0 aliphatic carbocycles. The molecular weight excluding hydrogens is 330 g/mol. The maximum absolute atomic E-state index is 11.8. The highest BCUT2D eigenvalue weighted by Crippen LogP contribution is 2.32. The third-order valence-corrected chi connectivity index (χ3v) is 5.55. The maximum atomic E-state index is 11.8. The first-order valence-electron chi connectivity index (χ1n) is 9.59. The zero-order chi connectivity index (χ0) is 18.8. The summed E-state index contributed by atoms with van der Waals surface area (Å²) in [6.07, 6.45) is 4.37. The summed E-state index contributed by atoms with van der Waals surface area (Å²) in [4.78, 5) is 13.7. The van der Waals surface area contributed by atoms with E-state index < -0.39 is 0 Å². The summed E-state index contributed by atoms with van der Waals surface area (Å²) >= 11 is 0. The van der Waals surface area contributed by atoms with Crippen LogP contribution in [0.4, 0.5) is 0 Å². The topological polar surface area (TPSA) is 77.1 Å². The van der Waals surface area contributed by atoms with Gasteiger partial charge < -0.3 is 9.32 Å². The van der Waals surface area contributed by atoms with Crippen LogP contribution in [0, 0.1) is 0 Å². The van der Waals surface area contributed by atoms with Crippen LogP contribution in [0.15, 0.2) is 4.42 Å². The van der Waals surface area contributed by atoms with Gasteiger partial charge in [0.05, 0.1) is 18.0 Å². The summed E-state index contributed by atoms with van der Waals surface area (Å²) in [6, 6.07) is 0.0883. The largest absolute Gasteiger partial charge is 0.425 e. The van der Waals surface area contributed by atoms with Crippen molar-refractivity contribution in [3.8, 4) is 0 Å². The Morgan fingerprint density at radius 3 is 2.69 bits per heavy atom. The minimum Gasteiger partial charge on any atom is -0.425 e. The van der Waals surface area contributed by atoms with E-state index >= 15 is 0 Å². The van der Waals surface area contributed by atoms with Crippen LogP contribution in [0.1, 0.15) is 75.2 Å². The van der Waals surface area contributed by atoms with E-state index in [1.54, 1.807) is 6.92 Å². The number of carbonyl (C=O) groups excluding carboxylic acids is 1. The van der Waals surface area contributed by atoms with Gasteiger partial charge in [-0.2, -0.15) is 5.10 Å². The first-order valence-corrected chi connectivity index (χ1v) is 9.59. The van der Waals surface area contributed by atoms with Crippen molar-refractivity contribution in [3.63, 3.8) is 0 Å². The lowest BCUT2D eigenvalue weighted by Crippen LogP contribution is -2.44. The predicted molar refractivity (Wildman–Crippen MR) is 97.9 cm³/mol. The number of nitrogens with zero attached hydrogens (tertiary/aromatic N) is 5. The summed E-state index contributed by atoms with van der Waals surface area (Å²) in [5.41, 5.74) is 3.52. The smallest absolute Gasteiger partial charge is 0.221 e. The van der Waals surface area contributed by atoms with Crippen molar-refractivity contribution >= 4 is 5.91 Å². The predicted octanol–water partition coefficient (Wildman–Crippen LogP) is 2.63. The molecule has 26 heavy (non-hydrogen) atoms. The first kappa shape index (κ1) is 18.6. The van der Waals surface area contributed by atoms with Crippen LogP contribution in [0.3, 0.4) is 0 Å². The van der Waals surface area contributed by atoms with Gasteiger partial charge >= 0.3 is 0 Å². The normalized spacial score (nSPS) is 20.6. The van der Waals surface area contributed by atoms with Gasteiger partial charge in [-0.05, 0) is 32.6 Å². The number of hydrogen-bond acceptors (Lipinski definition) is 5. The molecule has 3 rings (SSSR count). The summed E-state index contributed by atoms with van der Waals surface area (Å²) < 4.78 is 7.99. The van der Waals surface area contributed by atoms with E-state index in [1.807, 2.05) is 16.6 Å². The van der Waals surface area contributed by atoms with E-state index in [4.69, 9.17) is 4.42 Å². The average molecular weight is 359 g/mol.